The van der Waals surface area contributed by atoms with E-state index in [1.165, 1.54) is 19.5 Å². The lowest BCUT2D eigenvalue weighted by Crippen LogP contribution is -2.14. The average molecular weight is 194 g/mol. The van der Waals surface area contributed by atoms with Gasteiger partial charge < -0.3 is 10.0 Å². The van der Waals surface area contributed by atoms with Crippen LogP contribution in [0.2, 0.25) is 0 Å². The molecule has 0 amide bonds. The lowest BCUT2D eigenvalue weighted by Gasteiger charge is -2.01. The molecule has 0 saturated heterocycles. The summed E-state index contributed by atoms with van der Waals surface area (Å²) >= 11 is 0. The van der Waals surface area contributed by atoms with Crippen molar-refractivity contribution >= 4 is 11.4 Å². The van der Waals surface area contributed by atoms with Gasteiger partial charge in [0.2, 0.25) is 0 Å². The molecule has 1 rings (SSSR count). The topological polar surface area (TPSA) is 80.0 Å². The Bertz CT molecular complexity index is 348. The number of nitrogens with zero attached hydrogens (tertiary/aromatic N) is 4. The van der Waals surface area contributed by atoms with Gasteiger partial charge in [0.15, 0.2) is 5.71 Å². The molecule has 0 fully saturated rings. The monoisotopic (exact) mass is 194 g/mol. The van der Waals surface area contributed by atoms with Crippen molar-refractivity contribution in [2.75, 3.05) is 7.11 Å². The summed E-state index contributed by atoms with van der Waals surface area (Å²) in [5, 5.41) is 15.3. The summed E-state index contributed by atoms with van der Waals surface area (Å²) in [6.07, 6.45) is 4.57. The fourth-order valence-corrected chi connectivity index (χ4v) is 0.858. The minimum absolute atomic E-state index is 0.312. The third-order valence-electron chi connectivity index (χ3n) is 1.48. The SMILES string of the molecule is CON=C(C(C)=NO)c1cnccn1. The number of aromatic nitrogens is 2. The first kappa shape index (κ1) is 10.1. The maximum Gasteiger partial charge on any atom is 0.154 e. The van der Waals surface area contributed by atoms with Gasteiger partial charge in [-0.3, -0.25) is 9.97 Å². The second-order valence-corrected chi connectivity index (χ2v) is 2.40. The average Bonchev–Trinajstić information content (AvgIpc) is 2.26. The number of rotatable bonds is 3. The smallest absolute Gasteiger partial charge is 0.154 e. The van der Waals surface area contributed by atoms with Gasteiger partial charge in [0, 0.05) is 12.4 Å². The summed E-state index contributed by atoms with van der Waals surface area (Å²) in [5.74, 6) is 0. The molecule has 0 unspecified atom stereocenters. The van der Waals surface area contributed by atoms with Gasteiger partial charge in [-0.1, -0.05) is 10.3 Å². The summed E-state index contributed by atoms with van der Waals surface area (Å²) in [4.78, 5) is 12.5. The summed E-state index contributed by atoms with van der Waals surface area (Å²) in [6, 6.07) is 0. The zero-order chi connectivity index (χ0) is 10.4. The van der Waals surface area contributed by atoms with Crippen LogP contribution in [0.3, 0.4) is 0 Å². The molecule has 1 aromatic rings. The van der Waals surface area contributed by atoms with Crippen molar-refractivity contribution in [1.82, 2.24) is 9.97 Å². The van der Waals surface area contributed by atoms with Crippen LogP contribution in [0.4, 0.5) is 0 Å². The third-order valence-corrected chi connectivity index (χ3v) is 1.48. The minimum atomic E-state index is 0.312. The van der Waals surface area contributed by atoms with E-state index in [1.807, 2.05) is 0 Å². The quantitative estimate of drug-likeness (QED) is 0.436. The maximum atomic E-state index is 8.60. The molecule has 0 saturated carbocycles. The van der Waals surface area contributed by atoms with E-state index in [0.29, 0.717) is 17.1 Å². The van der Waals surface area contributed by atoms with Crippen LogP contribution in [0.1, 0.15) is 12.6 Å². The third kappa shape index (κ3) is 2.25. The summed E-state index contributed by atoms with van der Waals surface area (Å²) in [6.45, 7) is 1.59. The Balaban J connectivity index is 3.08. The van der Waals surface area contributed by atoms with Gasteiger partial charge in [0.05, 0.1) is 6.20 Å². The van der Waals surface area contributed by atoms with E-state index >= 15 is 0 Å². The van der Waals surface area contributed by atoms with E-state index in [4.69, 9.17) is 5.21 Å². The predicted molar refractivity (Wildman–Crippen MR) is 50.5 cm³/mol. The highest BCUT2D eigenvalue weighted by molar-refractivity contribution is 6.46. The molecule has 0 atom stereocenters. The van der Waals surface area contributed by atoms with Gasteiger partial charge in [0.1, 0.15) is 18.5 Å². The molecule has 0 aromatic carbocycles. The molecule has 1 heterocycles. The minimum Gasteiger partial charge on any atom is -0.411 e. The molecule has 6 nitrogen and oxygen atoms in total. The van der Waals surface area contributed by atoms with Crippen molar-refractivity contribution in [2.24, 2.45) is 10.3 Å². The summed E-state index contributed by atoms with van der Waals surface area (Å²) in [5.41, 5.74) is 1.15. The molecular weight excluding hydrogens is 184 g/mol. The van der Waals surface area contributed by atoms with E-state index in [0.717, 1.165) is 0 Å². The fourth-order valence-electron chi connectivity index (χ4n) is 0.858. The molecule has 0 bridgehead atoms. The highest BCUT2D eigenvalue weighted by Crippen LogP contribution is 1.97. The number of oxime groups is 2. The first-order valence-electron chi connectivity index (χ1n) is 3.86. The van der Waals surface area contributed by atoms with E-state index < -0.39 is 0 Å². The van der Waals surface area contributed by atoms with Crippen molar-refractivity contribution in [2.45, 2.75) is 6.92 Å². The number of hydrogen-bond acceptors (Lipinski definition) is 6. The molecule has 0 aliphatic rings. The number of hydrogen-bond donors (Lipinski definition) is 1. The summed E-state index contributed by atoms with van der Waals surface area (Å²) < 4.78 is 0. The van der Waals surface area contributed by atoms with Crippen molar-refractivity contribution in [1.29, 1.82) is 0 Å². The van der Waals surface area contributed by atoms with Gasteiger partial charge in [-0.2, -0.15) is 0 Å². The van der Waals surface area contributed by atoms with Crippen molar-refractivity contribution in [3.8, 4) is 0 Å². The fraction of sp³-hybridized carbons (Fsp3) is 0.250. The van der Waals surface area contributed by atoms with Gasteiger partial charge in [-0.25, -0.2) is 0 Å². The van der Waals surface area contributed by atoms with Crippen LogP contribution < -0.4 is 0 Å². The van der Waals surface area contributed by atoms with Crippen LogP contribution in [-0.4, -0.2) is 33.7 Å². The van der Waals surface area contributed by atoms with Crippen molar-refractivity contribution < 1.29 is 10.0 Å². The Morgan fingerprint density at radius 1 is 1.50 bits per heavy atom. The van der Waals surface area contributed by atoms with Crippen LogP contribution in [0.25, 0.3) is 0 Å². The lowest BCUT2D eigenvalue weighted by atomic mass is 10.2. The van der Waals surface area contributed by atoms with Crippen LogP contribution in [0, 0.1) is 0 Å². The molecule has 14 heavy (non-hydrogen) atoms. The van der Waals surface area contributed by atoms with Crippen LogP contribution in [0.5, 0.6) is 0 Å². The molecule has 1 aromatic heterocycles. The Hall–Kier alpha value is -1.98. The Morgan fingerprint density at radius 2 is 2.29 bits per heavy atom. The first-order chi connectivity index (χ1) is 6.79. The van der Waals surface area contributed by atoms with Gasteiger partial charge in [0.25, 0.3) is 0 Å². The van der Waals surface area contributed by atoms with Crippen LogP contribution in [-0.2, 0) is 4.84 Å². The second kappa shape index (κ2) is 4.90. The molecule has 6 heteroatoms. The first-order valence-corrected chi connectivity index (χ1v) is 3.86. The standard InChI is InChI=1S/C8H10N4O2/c1-6(11-13)8(12-14-2)7-5-9-3-4-10-7/h3-5,13H,1-2H3. The van der Waals surface area contributed by atoms with E-state index in [1.54, 1.807) is 13.1 Å². The Labute approximate surface area is 80.9 Å². The molecule has 1 N–H and O–H groups in total. The second-order valence-electron chi connectivity index (χ2n) is 2.40. The predicted octanol–water partition coefficient (Wildman–Crippen LogP) is 0.677. The highest BCUT2D eigenvalue weighted by atomic mass is 16.6. The van der Waals surface area contributed by atoms with Crippen LogP contribution >= 0.6 is 0 Å². The van der Waals surface area contributed by atoms with Gasteiger partial charge in [-0.05, 0) is 6.92 Å². The largest absolute Gasteiger partial charge is 0.411 e. The van der Waals surface area contributed by atoms with Gasteiger partial charge in [-0.15, -0.1) is 0 Å². The van der Waals surface area contributed by atoms with Crippen molar-refractivity contribution in [3.63, 3.8) is 0 Å². The molecule has 0 aliphatic carbocycles. The molecule has 0 spiro atoms. The highest BCUT2D eigenvalue weighted by Gasteiger charge is 2.10. The van der Waals surface area contributed by atoms with Gasteiger partial charge >= 0.3 is 0 Å². The van der Waals surface area contributed by atoms with E-state index in [9.17, 15) is 0 Å². The molecular formula is C8H10N4O2. The zero-order valence-electron chi connectivity index (χ0n) is 7.88. The Kier molecular flexibility index (Phi) is 3.54. The Morgan fingerprint density at radius 3 is 2.79 bits per heavy atom. The summed E-state index contributed by atoms with van der Waals surface area (Å²) in [7, 11) is 1.40. The molecule has 0 radical (unpaired) electrons. The molecule has 0 aliphatic heterocycles. The lowest BCUT2D eigenvalue weighted by molar-refractivity contribution is 0.214. The molecule has 74 valence electrons. The van der Waals surface area contributed by atoms with E-state index in [-0.39, 0.29) is 0 Å². The van der Waals surface area contributed by atoms with Crippen molar-refractivity contribution in [3.05, 3.63) is 24.3 Å². The normalized spacial score (nSPS) is 12.7. The van der Waals surface area contributed by atoms with Crippen LogP contribution in [0.15, 0.2) is 28.9 Å². The van der Waals surface area contributed by atoms with E-state index in [2.05, 4.69) is 25.1 Å². The maximum absolute atomic E-state index is 8.60. The zero-order valence-corrected chi connectivity index (χ0v) is 7.88.